The summed E-state index contributed by atoms with van der Waals surface area (Å²) in [6.07, 6.45) is 1.32. The summed E-state index contributed by atoms with van der Waals surface area (Å²) in [4.78, 5) is 11.8. The number of nitrogens with zero attached hydrogens (tertiary/aromatic N) is 2. The lowest BCUT2D eigenvalue weighted by atomic mass is 10.2. The highest BCUT2D eigenvalue weighted by Crippen LogP contribution is 2.17. The van der Waals surface area contributed by atoms with Crippen molar-refractivity contribution in [2.24, 2.45) is 5.10 Å². The Kier molecular flexibility index (Phi) is 5.48. The Morgan fingerprint density at radius 1 is 1.25 bits per heavy atom. The molecule has 0 aromatic heterocycles. The van der Waals surface area contributed by atoms with Crippen LogP contribution in [0.5, 0.6) is 5.75 Å². The summed E-state index contributed by atoms with van der Waals surface area (Å²) in [5.74, 6) is 0.701. The van der Waals surface area contributed by atoms with Crippen LogP contribution >= 0.6 is 0 Å². The van der Waals surface area contributed by atoms with E-state index in [2.05, 4.69) is 5.10 Å². The second kappa shape index (κ2) is 7.55. The molecule has 126 valence electrons. The van der Waals surface area contributed by atoms with Gasteiger partial charge in [-0.3, -0.25) is 10.1 Å². The normalized spacial score (nSPS) is 11.4. The summed E-state index contributed by atoms with van der Waals surface area (Å²) in [6, 6.07) is 11.6. The van der Waals surface area contributed by atoms with E-state index in [1.54, 1.807) is 24.3 Å². The van der Waals surface area contributed by atoms with Crippen LogP contribution in [0.4, 0.5) is 5.69 Å². The molecule has 24 heavy (non-hydrogen) atoms. The van der Waals surface area contributed by atoms with Gasteiger partial charge in [0.15, 0.2) is 0 Å². The Hall–Kier alpha value is -2.94. The SMILES string of the molecule is CCOc1ccc(/C=N/NS(=O)(=O)c2cccc([N+](=O)[O-])c2)cc1. The predicted molar refractivity (Wildman–Crippen MR) is 88.6 cm³/mol. The molecular weight excluding hydrogens is 334 g/mol. The molecule has 0 heterocycles. The second-order valence-corrected chi connectivity index (χ2v) is 6.27. The fraction of sp³-hybridized carbons (Fsp3) is 0.133. The first kappa shape index (κ1) is 17.4. The maximum atomic E-state index is 12.1. The van der Waals surface area contributed by atoms with Crippen LogP contribution in [0.2, 0.25) is 0 Å². The third-order valence-electron chi connectivity index (χ3n) is 2.92. The number of rotatable bonds is 7. The molecule has 0 amide bonds. The van der Waals surface area contributed by atoms with Gasteiger partial charge in [-0.25, -0.2) is 4.83 Å². The molecule has 0 aliphatic rings. The molecule has 2 aromatic carbocycles. The number of nitro benzene ring substituents is 1. The minimum absolute atomic E-state index is 0.236. The molecule has 0 saturated heterocycles. The number of sulfonamides is 1. The van der Waals surface area contributed by atoms with Gasteiger partial charge in [-0.15, -0.1) is 0 Å². The largest absolute Gasteiger partial charge is 0.494 e. The second-order valence-electron chi connectivity index (χ2n) is 4.61. The molecule has 0 aliphatic carbocycles. The van der Waals surface area contributed by atoms with Crippen molar-refractivity contribution in [1.29, 1.82) is 0 Å². The maximum Gasteiger partial charge on any atom is 0.276 e. The lowest BCUT2D eigenvalue weighted by Crippen LogP contribution is -2.18. The van der Waals surface area contributed by atoms with E-state index in [-0.39, 0.29) is 10.6 Å². The molecule has 9 heteroatoms. The van der Waals surface area contributed by atoms with Crippen molar-refractivity contribution in [2.75, 3.05) is 6.61 Å². The van der Waals surface area contributed by atoms with Crippen LogP contribution in [0.1, 0.15) is 12.5 Å². The number of hydrogen-bond acceptors (Lipinski definition) is 6. The van der Waals surface area contributed by atoms with Gasteiger partial charge in [-0.2, -0.15) is 13.5 Å². The predicted octanol–water partition coefficient (Wildman–Crippen LogP) is 2.31. The van der Waals surface area contributed by atoms with E-state index in [4.69, 9.17) is 4.74 Å². The van der Waals surface area contributed by atoms with E-state index in [0.29, 0.717) is 17.9 Å². The monoisotopic (exact) mass is 349 g/mol. The van der Waals surface area contributed by atoms with E-state index in [0.717, 1.165) is 6.07 Å². The molecule has 2 rings (SSSR count). The lowest BCUT2D eigenvalue weighted by molar-refractivity contribution is -0.385. The zero-order valence-electron chi connectivity index (χ0n) is 12.7. The Morgan fingerprint density at radius 2 is 1.96 bits per heavy atom. The van der Waals surface area contributed by atoms with Crippen LogP contribution in [0.15, 0.2) is 58.5 Å². The zero-order chi connectivity index (χ0) is 17.6. The van der Waals surface area contributed by atoms with Gasteiger partial charge < -0.3 is 4.74 Å². The fourth-order valence-electron chi connectivity index (χ4n) is 1.80. The van der Waals surface area contributed by atoms with Crippen LogP contribution in [-0.2, 0) is 10.0 Å². The van der Waals surface area contributed by atoms with Gasteiger partial charge in [0.05, 0.1) is 22.6 Å². The molecular formula is C15H15N3O5S. The first-order chi connectivity index (χ1) is 11.4. The highest BCUT2D eigenvalue weighted by atomic mass is 32.2. The standard InChI is InChI=1S/C15H15N3O5S/c1-2-23-14-8-6-12(7-9-14)11-16-17-24(21,22)15-5-3-4-13(10-15)18(19)20/h3-11,17H,2H2,1H3/b16-11+. The maximum absolute atomic E-state index is 12.1. The van der Waals surface area contributed by atoms with Gasteiger partial charge in [0, 0.05) is 12.1 Å². The third kappa shape index (κ3) is 4.53. The molecule has 0 fully saturated rings. The number of non-ortho nitro benzene ring substituents is 1. The first-order valence-corrected chi connectivity index (χ1v) is 8.43. The smallest absolute Gasteiger partial charge is 0.276 e. The van der Waals surface area contributed by atoms with Crippen molar-refractivity contribution < 1.29 is 18.1 Å². The Morgan fingerprint density at radius 3 is 2.58 bits per heavy atom. The van der Waals surface area contributed by atoms with Crippen molar-refractivity contribution >= 4 is 21.9 Å². The molecule has 0 radical (unpaired) electrons. The molecule has 0 unspecified atom stereocenters. The van der Waals surface area contributed by atoms with Crippen molar-refractivity contribution in [3.05, 3.63) is 64.2 Å². The van der Waals surface area contributed by atoms with Crippen LogP contribution in [0.3, 0.4) is 0 Å². The van der Waals surface area contributed by atoms with E-state index in [1.807, 2.05) is 11.8 Å². The van der Waals surface area contributed by atoms with Gasteiger partial charge >= 0.3 is 0 Å². The number of nitrogens with one attached hydrogen (secondary N) is 1. The Labute approximate surface area is 139 Å². The third-order valence-corrected chi connectivity index (χ3v) is 4.14. The number of hydrogen-bond donors (Lipinski definition) is 1. The minimum atomic E-state index is -3.98. The molecule has 0 saturated carbocycles. The average Bonchev–Trinajstić information content (AvgIpc) is 2.57. The molecule has 0 bridgehead atoms. The van der Waals surface area contributed by atoms with Gasteiger partial charge in [0.1, 0.15) is 5.75 Å². The summed E-state index contributed by atoms with van der Waals surface area (Å²) in [6.45, 7) is 2.43. The van der Waals surface area contributed by atoms with Crippen LogP contribution in [0, 0.1) is 10.1 Å². The van der Waals surface area contributed by atoms with Crippen molar-refractivity contribution in [3.8, 4) is 5.75 Å². The molecule has 8 nitrogen and oxygen atoms in total. The fourth-order valence-corrected chi connectivity index (χ4v) is 2.63. The summed E-state index contributed by atoms with van der Waals surface area (Å²) < 4.78 is 29.4. The van der Waals surface area contributed by atoms with Gasteiger partial charge in [-0.05, 0) is 42.8 Å². The first-order valence-electron chi connectivity index (χ1n) is 6.94. The van der Waals surface area contributed by atoms with Gasteiger partial charge in [0.2, 0.25) is 0 Å². The van der Waals surface area contributed by atoms with Crippen LogP contribution < -0.4 is 9.57 Å². The topological polar surface area (TPSA) is 111 Å². The number of ether oxygens (including phenoxy) is 1. The van der Waals surface area contributed by atoms with E-state index < -0.39 is 14.9 Å². The molecule has 0 spiro atoms. The van der Waals surface area contributed by atoms with E-state index >= 15 is 0 Å². The quantitative estimate of drug-likeness (QED) is 0.468. The van der Waals surface area contributed by atoms with Gasteiger partial charge in [-0.1, -0.05) is 6.07 Å². The van der Waals surface area contributed by atoms with Crippen LogP contribution in [-0.4, -0.2) is 26.2 Å². The Balaban J connectivity index is 2.09. The van der Waals surface area contributed by atoms with E-state index in [1.165, 1.54) is 24.4 Å². The summed E-state index contributed by atoms with van der Waals surface area (Å²) in [5, 5.41) is 14.4. The highest BCUT2D eigenvalue weighted by Gasteiger charge is 2.16. The molecule has 0 aliphatic heterocycles. The number of hydrazone groups is 1. The summed E-state index contributed by atoms with van der Waals surface area (Å²) in [5.41, 5.74) is 0.355. The molecule has 2 aromatic rings. The van der Waals surface area contributed by atoms with Crippen LogP contribution in [0.25, 0.3) is 0 Å². The van der Waals surface area contributed by atoms with Crippen molar-refractivity contribution in [1.82, 2.24) is 4.83 Å². The molecule has 0 atom stereocenters. The minimum Gasteiger partial charge on any atom is -0.494 e. The van der Waals surface area contributed by atoms with Gasteiger partial charge in [0.25, 0.3) is 15.7 Å². The highest BCUT2D eigenvalue weighted by molar-refractivity contribution is 7.89. The summed E-state index contributed by atoms with van der Waals surface area (Å²) >= 11 is 0. The van der Waals surface area contributed by atoms with Crippen molar-refractivity contribution in [2.45, 2.75) is 11.8 Å². The lowest BCUT2D eigenvalue weighted by Gasteiger charge is -2.04. The van der Waals surface area contributed by atoms with E-state index in [9.17, 15) is 18.5 Å². The molecule has 1 N–H and O–H groups in total. The summed E-state index contributed by atoms with van der Waals surface area (Å²) in [7, 11) is -3.98. The zero-order valence-corrected chi connectivity index (χ0v) is 13.6. The number of nitro groups is 1. The van der Waals surface area contributed by atoms with Crippen molar-refractivity contribution in [3.63, 3.8) is 0 Å². The number of benzene rings is 2. The Bertz CT molecular complexity index is 848. The average molecular weight is 349 g/mol.